The molecule has 1 aliphatic heterocycles. The molecule has 7 nitrogen and oxygen atoms in total. The Morgan fingerprint density at radius 2 is 2.05 bits per heavy atom. The predicted octanol–water partition coefficient (Wildman–Crippen LogP) is 5.87. The Balaban J connectivity index is 1.60. The lowest BCUT2D eigenvalue weighted by molar-refractivity contribution is -0.126. The Hall–Kier alpha value is -3.52. The van der Waals surface area contributed by atoms with Gasteiger partial charge in [-0.3, -0.25) is 0 Å². The van der Waals surface area contributed by atoms with Gasteiger partial charge in [0.2, 0.25) is 6.19 Å². The first-order valence-corrected chi connectivity index (χ1v) is 15.4. The number of benzene rings is 2. The van der Waals surface area contributed by atoms with E-state index >= 15 is 0 Å². The lowest BCUT2D eigenvalue weighted by Crippen LogP contribution is -2.46. The van der Waals surface area contributed by atoms with Gasteiger partial charge in [-0.25, -0.2) is 8.60 Å². The Kier molecular flexibility index (Phi) is 9.32. The molecule has 0 radical (unpaired) electrons. The normalized spacial score (nSPS) is 19.0. The van der Waals surface area contributed by atoms with E-state index in [-0.39, 0.29) is 12.1 Å². The smallest absolute Gasteiger partial charge is 0.393 e. The number of hydrogen-bond acceptors (Lipinski definition) is 8. The number of alkyl halides is 4. The third-order valence-corrected chi connectivity index (χ3v) is 9.43. The van der Waals surface area contributed by atoms with E-state index in [9.17, 15) is 21.8 Å². The largest absolute Gasteiger partial charge is 0.495 e. The van der Waals surface area contributed by atoms with E-state index < -0.39 is 34.5 Å². The van der Waals surface area contributed by atoms with Crippen LogP contribution >= 0.6 is 11.3 Å². The van der Waals surface area contributed by atoms with Gasteiger partial charge in [-0.1, -0.05) is 24.0 Å². The molecule has 2 aromatic carbocycles. The Labute approximate surface area is 240 Å². The molecule has 0 spiro atoms. The van der Waals surface area contributed by atoms with Gasteiger partial charge in [-0.2, -0.15) is 18.4 Å². The number of nitriles is 1. The van der Waals surface area contributed by atoms with Gasteiger partial charge in [0.15, 0.2) is 0 Å². The molecular weight excluding hydrogens is 578 g/mol. The lowest BCUT2D eigenvalue weighted by Gasteiger charge is -2.33. The standard InChI is InChI=1S/C28H29F4N5O2S2/c1-37-13-11-22(21(29)16-37)36-24-7-4-6-19-20(15-28(30,31)32)26(40-27(19)24)8-5-12-34-23-10-9-18(14-25(23)39-2)41(3,38)35-17-33/h4,6-7,9-10,14,21-22,34,36H,11-13,15-16H2,1-3H3/t21-,22-,41?/m1/s1. The maximum atomic E-state index is 14.7. The summed E-state index contributed by atoms with van der Waals surface area (Å²) in [5.41, 5.74) is 1.21. The van der Waals surface area contributed by atoms with E-state index in [1.807, 2.05) is 11.9 Å². The number of nitrogens with zero attached hydrogens (tertiary/aromatic N) is 3. The Morgan fingerprint density at radius 3 is 2.73 bits per heavy atom. The highest BCUT2D eigenvalue weighted by molar-refractivity contribution is 7.93. The van der Waals surface area contributed by atoms with Crippen LogP contribution in [0.4, 0.5) is 28.9 Å². The lowest BCUT2D eigenvalue weighted by atomic mass is 10.0. The summed E-state index contributed by atoms with van der Waals surface area (Å²) < 4.78 is 77.4. The number of thiophene rings is 1. The summed E-state index contributed by atoms with van der Waals surface area (Å²) in [4.78, 5) is 2.52. The number of fused-ring (bicyclic) bond motifs is 1. The molecule has 4 rings (SSSR count). The quantitative estimate of drug-likeness (QED) is 0.198. The topological polar surface area (TPSA) is 89.7 Å². The number of piperidine rings is 1. The van der Waals surface area contributed by atoms with Crippen molar-refractivity contribution in [2.24, 2.45) is 4.36 Å². The molecule has 3 atom stereocenters. The number of ether oxygens (including phenoxy) is 1. The Morgan fingerprint density at radius 1 is 1.27 bits per heavy atom. The van der Waals surface area contributed by atoms with Crippen molar-refractivity contribution >= 4 is 42.5 Å². The number of anilines is 2. The van der Waals surface area contributed by atoms with Crippen LogP contribution in [0.25, 0.3) is 10.1 Å². The molecule has 0 amide bonds. The molecule has 1 aliphatic rings. The molecule has 2 N–H and O–H groups in total. The fourth-order valence-corrected chi connectivity index (χ4v) is 6.71. The first-order chi connectivity index (χ1) is 19.4. The van der Waals surface area contributed by atoms with Crippen molar-refractivity contribution in [1.29, 1.82) is 5.26 Å². The molecule has 1 saturated heterocycles. The van der Waals surface area contributed by atoms with Crippen molar-refractivity contribution in [2.45, 2.75) is 36.1 Å². The zero-order valence-electron chi connectivity index (χ0n) is 22.6. The van der Waals surface area contributed by atoms with E-state index in [1.54, 1.807) is 36.5 Å². The molecule has 2 heterocycles. The average molecular weight is 608 g/mol. The van der Waals surface area contributed by atoms with E-state index in [2.05, 4.69) is 26.8 Å². The van der Waals surface area contributed by atoms with E-state index in [0.717, 1.165) is 17.9 Å². The molecule has 41 heavy (non-hydrogen) atoms. The van der Waals surface area contributed by atoms with E-state index in [0.29, 0.717) is 49.9 Å². The molecule has 218 valence electrons. The van der Waals surface area contributed by atoms with Crippen LogP contribution in [0, 0.1) is 23.3 Å². The van der Waals surface area contributed by atoms with Gasteiger partial charge in [0.05, 0.1) is 61.7 Å². The van der Waals surface area contributed by atoms with Gasteiger partial charge in [-0.05, 0) is 48.7 Å². The second-order valence-electron chi connectivity index (χ2n) is 9.71. The predicted molar refractivity (Wildman–Crippen MR) is 155 cm³/mol. The van der Waals surface area contributed by atoms with Gasteiger partial charge in [0, 0.05) is 19.3 Å². The monoisotopic (exact) mass is 607 g/mol. The Bertz CT molecular complexity index is 1650. The molecule has 3 aromatic rings. The maximum absolute atomic E-state index is 14.7. The number of halogens is 4. The minimum absolute atomic E-state index is 0.0870. The second kappa shape index (κ2) is 12.6. The molecule has 13 heteroatoms. The van der Waals surface area contributed by atoms with Gasteiger partial charge in [0.1, 0.15) is 11.9 Å². The third-order valence-electron chi connectivity index (χ3n) is 6.68. The fourth-order valence-electron chi connectivity index (χ4n) is 4.63. The highest BCUT2D eigenvalue weighted by atomic mass is 32.2. The van der Waals surface area contributed by atoms with Crippen LogP contribution in [0.15, 0.2) is 45.7 Å². The molecule has 1 fully saturated rings. The van der Waals surface area contributed by atoms with Crippen LogP contribution in [-0.2, 0) is 16.1 Å². The summed E-state index contributed by atoms with van der Waals surface area (Å²) in [7, 11) is 0.370. The number of nitrogens with one attached hydrogen (secondary N) is 2. The van der Waals surface area contributed by atoms with Crippen LogP contribution in [0.3, 0.4) is 0 Å². The van der Waals surface area contributed by atoms with Gasteiger partial charge >= 0.3 is 6.18 Å². The van der Waals surface area contributed by atoms with E-state index in [4.69, 9.17) is 10.00 Å². The highest BCUT2D eigenvalue weighted by Crippen LogP contribution is 2.39. The molecular formula is C28H29F4N5O2S2. The third kappa shape index (κ3) is 7.41. The summed E-state index contributed by atoms with van der Waals surface area (Å²) >= 11 is 1.15. The SMILES string of the molecule is COc1cc(S(C)(=O)=NC#N)ccc1NCC#Cc1sc2c(N[C@@H]3CCN(C)C[C@H]3F)cccc2c1CC(F)(F)F. The number of likely N-dealkylation sites (tertiary alicyclic amines) is 1. The maximum Gasteiger partial charge on any atom is 0.393 e. The molecule has 0 bridgehead atoms. The van der Waals surface area contributed by atoms with Crippen LogP contribution in [0.5, 0.6) is 5.75 Å². The van der Waals surface area contributed by atoms with Gasteiger partial charge in [0.25, 0.3) is 0 Å². The summed E-state index contributed by atoms with van der Waals surface area (Å²) in [5, 5.41) is 15.5. The summed E-state index contributed by atoms with van der Waals surface area (Å²) in [6.45, 7) is 1.10. The molecule has 0 saturated carbocycles. The average Bonchev–Trinajstić information content (AvgIpc) is 3.24. The number of rotatable bonds is 7. The van der Waals surface area contributed by atoms with Crippen molar-refractivity contribution in [1.82, 2.24) is 4.90 Å². The van der Waals surface area contributed by atoms with Crippen molar-refractivity contribution in [3.8, 4) is 23.8 Å². The number of hydrogen-bond donors (Lipinski definition) is 2. The van der Waals surface area contributed by atoms with Crippen molar-refractivity contribution in [3.63, 3.8) is 0 Å². The van der Waals surface area contributed by atoms with Gasteiger partial charge in [-0.15, -0.1) is 15.7 Å². The fraction of sp³-hybridized carbons (Fsp3) is 0.393. The summed E-state index contributed by atoms with van der Waals surface area (Å²) in [5.74, 6) is 6.13. The van der Waals surface area contributed by atoms with Crippen LogP contribution in [-0.4, -0.2) is 67.5 Å². The summed E-state index contributed by atoms with van der Waals surface area (Å²) in [6.07, 6.45) is -3.18. The zero-order chi connectivity index (χ0) is 29.8. The van der Waals surface area contributed by atoms with Crippen molar-refractivity contribution in [2.75, 3.05) is 50.7 Å². The molecule has 1 unspecified atom stereocenters. The van der Waals surface area contributed by atoms with Crippen molar-refractivity contribution in [3.05, 3.63) is 46.8 Å². The van der Waals surface area contributed by atoms with Crippen LogP contribution < -0.4 is 15.4 Å². The minimum Gasteiger partial charge on any atom is -0.495 e. The van der Waals surface area contributed by atoms with E-state index in [1.165, 1.54) is 19.4 Å². The first kappa shape index (κ1) is 30.4. The van der Waals surface area contributed by atoms with Gasteiger partial charge < -0.3 is 20.3 Å². The minimum atomic E-state index is -4.44. The molecule has 0 aliphatic carbocycles. The number of methoxy groups -OCH3 is 1. The van der Waals surface area contributed by atoms with Crippen LogP contribution in [0.1, 0.15) is 16.9 Å². The zero-order valence-corrected chi connectivity index (χ0v) is 24.3. The first-order valence-electron chi connectivity index (χ1n) is 12.6. The van der Waals surface area contributed by atoms with Crippen LogP contribution in [0.2, 0.25) is 0 Å². The second-order valence-corrected chi connectivity index (χ2v) is 13.0. The highest BCUT2D eigenvalue weighted by Gasteiger charge is 2.32. The summed E-state index contributed by atoms with van der Waals surface area (Å²) in [6, 6.07) is 9.31. The molecule has 1 aromatic heterocycles. The van der Waals surface area contributed by atoms with Crippen molar-refractivity contribution < 1.29 is 26.5 Å².